The molecule has 0 saturated heterocycles. The molecule has 224 valence electrons. The second-order valence-corrected chi connectivity index (χ2v) is 10.1. The number of hydrogen-bond acceptors (Lipinski definition) is 13. The minimum absolute atomic E-state index is 0.0106. The molecular weight excluding hydrogens is 584 g/mol. The first-order chi connectivity index (χ1) is 19.8. The number of hydrogen-bond donors (Lipinski definition) is 3. The van der Waals surface area contributed by atoms with Crippen molar-refractivity contribution in [2.75, 3.05) is 43.3 Å². The number of rotatable bonds is 11. The van der Waals surface area contributed by atoms with E-state index in [4.69, 9.17) is 28.7 Å². The Labute approximate surface area is 237 Å². The number of methoxy groups -OCH3 is 3. The topological polar surface area (TPSA) is 207 Å². The zero-order valence-electron chi connectivity index (χ0n) is 22.8. The predicted molar refractivity (Wildman–Crippen MR) is 144 cm³/mol. The molecule has 0 atom stereocenters. The van der Waals surface area contributed by atoms with Crippen LogP contribution in [0, 0.1) is 10.7 Å². The maximum absolute atomic E-state index is 14.9. The van der Waals surface area contributed by atoms with Crippen molar-refractivity contribution in [1.82, 2.24) is 15.0 Å². The van der Waals surface area contributed by atoms with E-state index in [9.17, 15) is 18.7 Å². The summed E-state index contributed by atoms with van der Waals surface area (Å²) in [5.41, 5.74) is -1.10. The molecule has 3 heterocycles. The molecule has 4 rings (SSSR count). The quantitative estimate of drug-likeness (QED) is 0.162. The van der Waals surface area contributed by atoms with E-state index in [0.717, 1.165) is 11.1 Å². The number of nitrogens with zero attached hydrogens (tertiary/aromatic N) is 6. The van der Waals surface area contributed by atoms with Crippen molar-refractivity contribution < 1.29 is 47.0 Å². The summed E-state index contributed by atoms with van der Waals surface area (Å²) in [4.78, 5) is 56.1. The largest absolute Gasteiger partial charge is 0.493 e. The van der Waals surface area contributed by atoms with Crippen molar-refractivity contribution in [2.45, 2.75) is 19.4 Å². The Hall–Kier alpha value is -4.64. The summed E-state index contributed by atoms with van der Waals surface area (Å²) in [6.07, 6.45) is 0.786. The number of nitroso groups, excluding NO2 is 1. The fraction of sp³-hybridized carbons (Fsp3) is 0.304. The normalized spacial score (nSPS) is 14.0. The van der Waals surface area contributed by atoms with E-state index in [1.807, 2.05) is 0 Å². The number of carbonyl (C=O) groups excluding carboxylic acids is 1. The number of phosphoric acid groups is 1. The van der Waals surface area contributed by atoms with E-state index in [1.165, 1.54) is 47.3 Å². The molecule has 1 aliphatic heterocycles. The molecule has 0 radical (unpaired) electrons. The molecule has 0 unspecified atom stereocenters. The summed E-state index contributed by atoms with van der Waals surface area (Å²) in [6, 6.07) is 5.63. The molecule has 3 aromatic rings. The zero-order valence-corrected chi connectivity index (χ0v) is 23.7. The molecule has 1 aromatic carbocycles. The van der Waals surface area contributed by atoms with E-state index in [2.05, 4.69) is 30.1 Å². The standard InChI is InChI=1S/C23H25FN7O10P/c1-23(2)21(32)30(11-40-42(34,35)36)20-14(41-23)6-7-17(27-20)31(29-33)19-13(24)10-25-22(28-19)26-12-8-15(37-3)18(39-5)16(9-12)38-4/h6-10H,11H2,1-5H3,(H,25,26,28)(H2,34,35,36). The van der Waals surface area contributed by atoms with Gasteiger partial charge in [-0.25, -0.2) is 18.9 Å². The number of fused-ring (bicyclic) bond motifs is 1. The first-order valence-electron chi connectivity index (χ1n) is 11.8. The molecule has 3 N–H and O–H groups in total. The Kier molecular flexibility index (Phi) is 8.44. The fourth-order valence-electron chi connectivity index (χ4n) is 3.85. The lowest BCUT2D eigenvalue weighted by Gasteiger charge is -2.37. The third-order valence-electron chi connectivity index (χ3n) is 5.71. The van der Waals surface area contributed by atoms with Crippen molar-refractivity contribution in [2.24, 2.45) is 5.29 Å². The van der Waals surface area contributed by atoms with Gasteiger partial charge in [0.05, 0.1) is 32.8 Å². The number of halogens is 1. The molecule has 1 aliphatic rings. The van der Waals surface area contributed by atoms with Gasteiger partial charge in [0.1, 0.15) is 6.73 Å². The smallest absolute Gasteiger partial charge is 0.471 e. The van der Waals surface area contributed by atoms with Gasteiger partial charge in [0.2, 0.25) is 11.7 Å². The van der Waals surface area contributed by atoms with Crippen LogP contribution >= 0.6 is 7.82 Å². The highest BCUT2D eigenvalue weighted by Gasteiger charge is 2.43. The number of phosphoric ester groups is 1. The molecule has 0 spiro atoms. The lowest BCUT2D eigenvalue weighted by atomic mass is 10.1. The first-order valence-corrected chi connectivity index (χ1v) is 13.3. The number of pyridine rings is 1. The van der Waals surface area contributed by atoms with Crippen molar-refractivity contribution >= 4 is 42.8 Å². The summed E-state index contributed by atoms with van der Waals surface area (Å²) in [5, 5.41) is 6.16. The van der Waals surface area contributed by atoms with E-state index in [-0.39, 0.29) is 23.3 Å². The molecule has 1 amide bonds. The summed E-state index contributed by atoms with van der Waals surface area (Å²) in [5.74, 6) is -2.24. The van der Waals surface area contributed by atoms with Crippen LogP contribution in [0.5, 0.6) is 23.0 Å². The van der Waals surface area contributed by atoms with E-state index >= 15 is 0 Å². The second-order valence-electron chi connectivity index (χ2n) is 8.88. The molecule has 0 bridgehead atoms. The highest BCUT2D eigenvalue weighted by atomic mass is 31.2. The summed E-state index contributed by atoms with van der Waals surface area (Å²) in [6.45, 7) is 1.95. The van der Waals surface area contributed by atoms with Gasteiger partial charge in [-0.1, -0.05) is 0 Å². The summed E-state index contributed by atoms with van der Waals surface area (Å²) >= 11 is 0. The Morgan fingerprint density at radius 1 is 1.14 bits per heavy atom. The predicted octanol–water partition coefficient (Wildman–Crippen LogP) is 3.17. The Morgan fingerprint density at radius 3 is 2.38 bits per heavy atom. The Morgan fingerprint density at radius 2 is 1.81 bits per heavy atom. The third kappa shape index (κ3) is 6.15. The van der Waals surface area contributed by atoms with E-state index in [1.54, 1.807) is 12.1 Å². The van der Waals surface area contributed by atoms with Gasteiger partial charge in [0, 0.05) is 17.8 Å². The monoisotopic (exact) mass is 609 g/mol. The highest BCUT2D eigenvalue weighted by molar-refractivity contribution is 7.46. The molecule has 0 saturated carbocycles. The molecule has 19 heteroatoms. The van der Waals surface area contributed by atoms with Crippen molar-refractivity contribution in [3.63, 3.8) is 0 Å². The number of aromatic nitrogens is 3. The summed E-state index contributed by atoms with van der Waals surface area (Å²) < 4.78 is 52.3. The van der Waals surface area contributed by atoms with Crippen LogP contribution < -0.4 is 34.2 Å². The fourth-order valence-corrected chi connectivity index (χ4v) is 4.11. The van der Waals surface area contributed by atoms with Crippen molar-refractivity contribution in [1.29, 1.82) is 0 Å². The van der Waals surface area contributed by atoms with Crippen LogP contribution in [0.1, 0.15) is 13.8 Å². The zero-order chi connectivity index (χ0) is 30.8. The SMILES string of the molecule is COc1cc(Nc2ncc(F)c(N(N=O)c3ccc4c(n3)N(COP(=O)(O)O)C(=O)C(C)(C)O4)n2)cc(OC)c1OC. The van der Waals surface area contributed by atoms with Crippen LogP contribution in [0.2, 0.25) is 0 Å². The van der Waals surface area contributed by atoms with Crippen LogP contribution in [-0.2, 0) is 13.9 Å². The lowest BCUT2D eigenvalue weighted by Crippen LogP contribution is -2.53. The molecule has 17 nitrogen and oxygen atoms in total. The van der Waals surface area contributed by atoms with Crippen LogP contribution in [0.25, 0.3) is 0 Å². The van der Waals surface area contributed by atoms with E-state index < -0.39 is 37.7 Å². The van der Waals surface area contributed by atoms with Gasteiger partial charge in [-0.05, 0) is 26.0 Å². The number of benzene rings is 1. The van der Waals surface area contributed by atoms with Gasteiger partial charge in [-0.15, -0.1) is 4.91 Å². The van der Waals surface area contributed by atoms with Crippen LogP contribution in [0.3, 0.4) is 0 Å². The average molecular weight is 609 g/mol. The van der Waals surface area contributed by atoms with Gasteiger partial charge >= 0.3 is 7.82 Å². The molecular formula is C23H25FN7O10P. The second kappa shape index (κ2) is 11.7. The minimum Gasteiger partial charge on any atom is -0.493 e. The maximum Gasteiger partial charge on any atom is 0.471 e. The van der Waals surface area contributed by atoms with Crippen molar-refractivity contribution in [3.05, 3.63) is 41.2 Å². The number of carbonyl (C=O) groups is 1. The maximum atomic E-state index is 14.9. The lowest BCUT2D eigenvalue weighted by molar-refractivity contribution is -0.133. The number of anilines is 5. The molecule has 0 fully saturated rings. The van der Waals surface area contributed by atoms with Gasteiger partial charge in [-0.2, -0.15) is 9.99 Å². The Bertz CT molecular complexity index is 1550. The number of ether oxygens (including phenoxy) is 4. The van der Waals surface area contributed by atoms with Gasteiger partial charge < -0.3 is 34.1 Å². The molecule has 2 aromatic heterocycles. The van der Waals surface area contributed by atoms with Crippen LogP contribution in [0.15, 0.2) is 35.7 Å². The first kappa shape index (κ1) is 30.3. The molecule has 42 heavy (non-hydrogen) atoms. The van der Waals surface area contributed by atoms with E-state index in [0.29, 0.717) is 27.9 Å². The molecule has 0 aliphatic carbocycles. The van der Waals surface area contributed by atoms with Crippen LogP contribution in [0.4, 0.5) is 33.5 Å². The minimum atomic E-state index is -4.99. The third-order valence-corrected chi connectivity index (χ3v) is 6.16. The number of amides is 1. The highest BCUT2D eigenvalue weighted by Crippen LogP contribution is 2.43. The Balaban J connectivity index is 1.72. The van der Waals surface area contributed by atoms with Crippen molar-refractivity contribution in [3.8, 4) is 23.0 Å². The average Bonchev–Trinajstić information content (AvgIpc) is 2.94. The van der Waals surface area contributed by atoms with Crippen LogP contribution in [-0.4, -0.2) is 64.3 Å². The van der Waals surface area contributed by atoms with Gasteiger partial charge in [0.15, 0.2) is 46.1 Å². The van der Waals surface area contributed by atoms with Gasteiger partial charge in [0.25, 0.3) is 5.91 Å². The van der Waals surface area contributed by atoms with Gasteiger partial charge in [-0.3, -0.25) is 14.2 Å². The number of nitrogens with one attached hydrogen (secondary N) is 1. The summed E-state index contributed by atoms with van der Waals surface area (Å²) in [7, 11) is -0.710.